The first-order chi connectivity index (χ1) is 9.15. The Morgan fingerprint density at radius 3 is 2.30 bits per heavy atom. The Hall–Kier alpha value is -1.13. The number of halogens is 2. The molecule has 1 atom stereocenters. The minimum Gasteiger partial charge on any atom is -0.444 e. The van der Waals surface area contributed by atoms with Gasteiger partial charge < -0.3 is 15.4 Å². The standard InChI is InChI=1S/C14H20Cl2N2O2/c1-9(8-17-13(19)20-14(2,3)4)18-12-6-10(15)5-11(16)7-12/h5-7,9,18H,8H2,1-4H3,(H,17,19). The van der Waals surface area contributed by atoms with Crippen LogP contribution in [0.4, 0.5) is 10.5 Å². The van der Waals surface area contributed by atoms with E-state index >= 15 is 0 Å². The summed E-state index contributed by atoms with van der Waals surface area (Å²) in [7, 11) is 0. The van der Waals surface area contributed by atoms with Gasteiger partial charge in [-0.2, -0.15) is 0 Å². The fraction of sp³-hybridized carbons (Fsp3) is 0.500. The lowest BCUT2D eigenvalue weighted by molar-refractivity contribution is 0.0526. The van der Waals surface area contributed by atoms with Crippen molar-refractivity contribution in [2.24, 2.45) is 0 Å². The first-order valence-electron chi connectivity index (χ1n) is 6.35. The van der Waals surface area contributed by atoms with Crippen molar-refractivity contribution in [3.05, 3.63) is 28.2 Å². The molecule has 1 aromatic carbocycles. The minimum absolute atomic E-state index is 0.0112. The summed E-state index contributed by atoms with van der Waals surface area (Å²) >= 11 is 11.8. The number of benzene rings is 1. The zero-order valence-corrected chi connectivity index (χ0v) is 13.6. The van der Waals surface area contributed by atoms with Crippen LogP contribution in [0.15, 0.2) is 18.2 Å². The fourth-order valence-electron chi connectivity index (χ4n) is 1.52. The van der Waals surface area contributed by atoms with Crippen molar-refractivity contribution >= 4 is 35.0 Å². The van der Waals surface area contributed by atoms with E-state index in [0.29, 0.717) is 16.6 Å². The molecular formula is C14H20Cl2N2O2. The lowest BCUT2D eigenvalue weighted by Crippen LogP contribution is -2.38. The number of alkyl carbamates (subject to hydrolysis) is 1. The third-order valence-corrected chi connectivity index (χ3v) is 2.66. The lowest BCUT2D eigenvalue weighted by atomic mass is 10.2. The fourth-order valence-corrected chi connectivity index (χ4v) is 2.05. The van der Waals surface area contributed by atoms with Crippen LogP contribution in [0.1, 0.15) is 27.7 Å². The van der Waals surface area contributed by atoms with Crippen LogP contribution in [0.2, 0.25) is 10.0 Å². The lowest BCUT2D eigenvalue weighted by Gasteiger charge is -2.21. The second-order valence-corrected chi connectivity index (χ2v) is 6.46. The summed E-state index contributed by atoms with van der Waals surface area (Å²) < 4.78 is 5.16. The van der Waals surface area contributed by atoms with Crippen LogP contribution in [0, 0.1) is 0 Å². The third kappa shape index (κ3) is 6.87. The molecule has 1 unspecified atom stereocenters. The van der Waals surface area contributed by atoms with E-state index in [9.17, 15) is 4.79 Å². The number of amides is 1. The van der Waals surface area contributed by atoms with Gasteiger partial charge >= 0.3 is 6.09 Å². The maximum atomic E-state index is 11.5. The van der Waals surface area contributed by atoms with Crippen LogP contribution in [-0.4, -0.2) is 24.3 Å². The average Bonchev–Trinajstić information content (AvgIpc) is 2.22. The number of anilines is 1. The number of ether oxygens (including phenoxy) is 1. The van der Waals surface area contributed by atoms with Crippen LogP contribution in [0.25, 0.3) is 0 Å². The zero-order valence-electron chi connectivity index (χ0n) is 12.1. The first-order valence-corrected chi connectivity index (χ1v) is 7.11. The summed E-state index contributed by atoms with van der Waals surface area (Å²) in [5.74, 6) is 0. The minimum atomic E-state index is -0.499. The molecule has 0 aliphatic rings. The molecule has 0 aromatic heterocycles. The van der Waals surface area contributed by atoms with Crippen molar-refractivity contribution in [2.45, 2.75) is 39.3 Å². The van der Waals surface area contributed by atoms with E-state index < -0.39 is 11.7 Å². The number of carbonyl (C=O) groups excluding carboxylic acids is 1. The van der Waals surface area contributed by atoms with Gasteiger partial charge in [-0.05, 0) is 45.9 Å². The van der Waals surface area contributed by atoms with Crippen molar-refractivity contribution in [1.82, 2.24) is 5.32 Å². The van der Waals surface area contributed by atoms with Gasteiger partial charge in [-0.1, -0.05) is 23.2 Å². The van der Waals surface area contributed by atoms with E-state index in [2.05, 4.69) is 10.6 Å². The molecule has 1 aromatic rings. The number of rotatable bonds is 4. The van der Waals surface area contributed by atoms with E-state index in [4.69, 9.17) is 27.9 Å². The Balaban J connectivity index is 2.44. The Bertz CT molecular complexity index is 452. The van der Waals surface area contributed by atoms with Gasteiger partial charge in [0.2, 0.25) is 0 Å². The van der Waals surface area contributed by atoms with Crippen molar-refractivity contribution in [2.75, 3.05) is 11.9 Å². The molecule has 1 amide bonds. The van der Waals surface area contributed by atoms with E-state index in [1.54, 1.807) is 18.2 Å². The highest BCUT2D eigenvalue weighted by Gasteiger charge is 2.16. The summed E-state index contributed by atoms with van der Waals surface area (Å²) in [5.41, 5.74) is 0.308. The molecule has 20 heavy (non-hydrogen) atoms. The topological polar surface area (TPSA) is 50.4 Å². The molecule has 1 rings (SSSR count). The highest BCUT2D eigenvalue weighted by molar-refractivity contribution is 6.35. The van der Waals surface area contributed by atoms with Crippen molar-refractivity contribution in [3.63, 3.8) is 0 Å². The van der Waals surface area contributed by atoms with Gasteiger partial charge in [-0.15, -0.1) is 0 Å². The Labute approximate surface area is 129 Å². The van der Waals surface area contributed by atoms with Gasteiger partial charge in [0.05, 0.1) is 0 Å². The van der Waals surface area contributed by atoms with Gasteiger partial charge in [-0.3, -0.25) is 0 Å². The smallest absolute Gasteiger partial charge is 0.407 e. The Kier molecular flexibility index (Phi) is 5.96. The quantitative estimate of drug-likeness (QED) is 0.869. The number of hydrogen-bond donors (Lipinski definition) is 2. The normalized spacial score (nSPS) is 12.7. The molecule has 0 aliphatic carbocycles. The maximum Gasteiger partial charge on any atom is 0.407 e. The predicted octanol–water partition coefficient (Wildman–Crippen LogP) is 4.32. The molecule has 0 saturated heterocycles. The van der Waals surface area contributed by atoms with Crippen LogP contribution in [-0.2, 0) is 4.74 Å². The second kappa shape index (κ2) is 7.04. The van der Waals surface area contributed by atoms with Crippen molar-refractivity contribution < 1.29 is 9.53 Å². The van der Waals surface area contributed by atoms with Gasteiger partial charge in [0.1, 0.15) is 5.60 Å². The van der Waals surface area contributed by atoms with E-state index in [1.165, 1.54) is 0 Å². The van der Waals surface area contributed by atoms with Gasteiger partial charge in [0.25, 0.3) is 0 Å². The van der Waals surface area contributed by atoms with Gasteiger partial charge in [-0.25, -0.2) is 4.79 Å². The maximum absolute atomic E-state index is 11.5. The molecular weight excluding hydrogens is 299 g/mol. The highest BCUT2D eigenvalue weighted by Crippen LogP contribution is 2.22. The molecule has 6 heteroatoms. The summed E-state index contributed by atoms with van der Waals surface area (Å²) in [6.07, 6.45) is -0.435. The van der Waals surface area contributed by atoms with Crippen molar-refractivity contribution in [1.29, 1.82) is 0 Å². The largest absolute Gasteiger partial charge is 0.444 e. The Morgan fingerprint density at radius 1 is 1.25 bits per heavy atom. The van der Waals surface area contributed by atoms with E-state index in [-0.39, 0.29) is 6.04 Å². The predicted molar refractivity (Wildman–Crippen MR) is 83.8 cm³/mol. The summed E-state index contributed by atoms with van der Waals surface area (Å²) in [6.45, 7) is 7.83. The Morgan fingerprint density at radius 2 is 1.80 bits per heavy atom. The van der Waals surface area contributed by atoms with E-state index in [1.807, 2.05) is 27.7 Å². The molecule has 0 saturated carbocycles. The molecule has 0 spiro atoms. The highest BCUT2D eigenvalue weighted by atomic mass is 35.5. The molecule has 4 nitrogen and oxygen atoms in total. The summed E-state index contributed by atoms with van der Waals surface area (Å²) in [6, 6.07) is 5.23. The third-order valence-electron chi connectivity index (χ3n) is 2.23. The number of hydrogen-bond acceptors (Lipinski definition) is 3. The van der Waals surface area contributed by atoms with Crippen LogP contribution >= 0.6 is 23.2 Å². The average molecular weight is 319 g/mol. The van der Waals surface area contributed by atoms with Gasteiger partial charge in [0.15, 0.2) is 0 Å². The molecule has 0 heterocycles. The van der Waals surface area contributed by atoms with Crippen molar-refractivity contribution in [3.8, 4) is 0 Å². The van der Waals surface area contributed by atoms with Crippen LogP contribution in [0.3, 0.4) is 0 Å². The second-order valence-electron chi connectivity index (χ2n) is 5.59. The number of nitrogens with one attached hydrogen (secondary N) is 2. The molecule has 0 bridgehead atoms. The molecule has 0 aliphatic heterocycles. The monoisotopic (exact) mass is 318 g/mol. The molecule has 2 N–H and O–H groups in total. The summed E-state index contributed by atoms with van der Waals surface area (Å²) in [4.78, 5) is 11.5. The zero-order chi connectivity index (χ0) is 15.3. The first kappa shape index (κ1) is 16.9. The van der Waals surface area contributed by atoms with Crippen LogP contribution in [0.5, 0.6) is 0 Å². The SMILES string of the molecule is CC(CNC(=O)OC(C)(C)C)Nc1cc(Cl)cc(Cl)c1. The van der Waals surface area contributed by atoms with Gasteiger partial charge in [0, 0.05) is 28.3 Å². The molecule has 0 radical (unpaired) electrons. The van der Waals surface area contributed by atoms with E-state index in [0.717, 1.165) is 5.69 Å². The molecule has 112 valence electrons. The number of carbonyl (C=O) groups is 1. The molecule has 0 fully saturated rings. The van der Waals surface area contributed by atoms with Crippen LogP contribution < -0.4 is 10.6 Å². The summed E-state index contributed by atoms with van der Waals surface area (Å²) in [5, 5.41) is 7.03.